The Morgan fingerprint density at radius 3 is 2.56 bits per heavy atom. The van der Waals surface area contributed by atoms with Crippen molar-refractivity contribution >= 4 is 23.4 Å². The average molecular weight is 345 g/mol. The molecule has 0 spiro atoms. The first kappa shape index (κ1) is 17.1. The maximum absolute atomic E-state index is 12.5. The fourth-order valence-corrected chi connectivity index (χ4v) is 2.97. The lowest BCUT2D eigenvalue weighted by atomic mass is 10.1. The summed E-state index contributed by atoms with van der Waals surface area (Å²) >= 11 is 0. The molecule has 3 rings (SSSR count). The van der Waals surface area contributed by atoms with Crippen molar-refractivity contribution in [3.8, 4) is 0 Å². The topological polar surface area (TPSA) is 101 Å². The lowest BCUT2D eigenvalue weighted by Crippen LogP contribution is -2.43. The fourth-order valence-electron chi connectivity index (χ4n) is 2.97. The molecule has 132 valence electrons. The first-order chi connectivity index (χ1) is 11.9. The molecule has 25 heavy (non-hydrogen) atoms. The maximum atomic E-state index is 12.5. The molecule has 1 aromatic rings. The van der Waals surface area contributed by atoms with E-state index in [1.807, 2.05) is 6.92 Å². The van der Waals surface area contributed by atoms with Gasteiger partial charge in [-0.3, -0.25) is 29.4 Å². The number of carbonyl (C=O) groups excluding carboxylic acids is 3. The van der Waals surface area contributed by atoms with Gasteiger partial charge in [0.15, 0.2) is 0 Å². The first-order valence-corrected chi connectivity index (χ1v) is 8.34. The first-order valence-electron chi connectivity index (χ1n) is 8.34. The molecule has 0 saturated heterocycles. The largest absolute Gasteiger partial charge is 0.341 e. The molecule has 0 N–H and O–H groups in total. The van der Waals surface area contributed by atoms with Crippen molar-refractivity contribution in [2.45, 2.75) is 26.2 Å². The molecular weight excluding hydrogens is 326 g/mol. The molecule has 1 aliphatic heterocycles. The number of hydrogen-bond acceptors (Lipinski definition) is 5. The minimum absolute atomic E-state index is 0.0174. The molecule has 1 fully saturated rings. The van der Waals surface area contributed by atoms with Crippen LogP contribution in [0.2, 0.25) is 0 Å². The predicted octanol–water partition coefficient (Wildman–Crippen LogP) is 1.84. The van der Waals surface area contributed by atoms with Crippen molar-refractivity contribution in [3.05, 3.63) is 39.4 Å². The van der Waals surface area contributed by atoms with Gasteiger partial charge in [-0.1, -0.05) is 6.92 Å². The number of carbonyl (C=O) groups is 3. The van der Waals surface area contributed by atoms with E-state index in [9.17, 15) is 24.5 Å². The molecule has 8 nitrogen and oxygen atoms in total. The van der Waals surface area contributed by atoms with Crippen LogP contribution in [0.5, 0.6) is 0 Å². The quantitative estimate of drug-likeness (QED) is 0.426. The van der Waals surface area contributed by atoms with Crippen LogP contribution in [-0.4, -0.2) is 52.1 Å². The van der Waals surface area contributed by atoms with Gasteiger partial charge >= 0.3 is 0 Å². The number of nitro benzene ring substituents is 1. The molecule has 0 atom stereocenters. The summed E-state index contributed by atoms with van der Waals surface area (Å²) in [7, 11) is 0. The Morgan fingerprint density at radius 1 is 1.28 bits per heavy atom. The van der Waals surface area contributed by atoms with Gasteiger partial charge in [-0.2, -0.15) is 0 Å². The summed E-state index contributed by atoms with van der Waals surface area (Å²) in [6.07, 6.45) is 3.00. The number of amides is 3. The zero-order chi connectivity index (χ0) is 18.1. The van der Waals surface area contributed by atoms with E-state index in [1.54, 1.807) is 4.90 Å². The highest BCUT2D eigenvalue weighted by molar-refractivity contribution is 6.22. The SMILES string of the molecule is CCCN(CC1CC1)C(=O)CN1C(=O)c2ccc([N+](=O)[O-])cc2C1=O. The van der Waals surface area contributed by atoms with E-state index >= 15 is 0 Å². The van der Waals surface area contributed by atoms with Gasteiger partial charge in [-0.05, 0) is 31.2 Å². The number of non-ortho nitro benzene ring substituents is 1. The molecule has 1 aliphatic carbocycles. The van der Waals surface area contributed by atoms with E-state index in [0.717, 1.165) is 30.2 Å². The zero-order valence-electron chi connectivity index (χ0n) is 13.9. The monoisotopic (exact) mass is 345 g/mol. The summed E-state index contributed by atoms with van der Waals surface area (Å²) in [5, 5.41) is 10.9. The Bertz CT molecular complexity index is 757. The molecule has 2 aliphatic rings. The summed E-state index contributed by atoms with van der Waals surface area (Å²) in [5.74, 6) is -0.982. The summed E-state index contributed by atoms with van der Waals surface area (Å²) in [5.41, 5.74) is -0.168. The molecule has 0 unspecified atom stereocenters. The van der Waals surface area contributed by atoms with E-state index in [2.05, 4.69) is 0 Å². The number of fused-ring (bicyclic) bond motifs is 1. The van der Waals surface area contributed by atoms with Crippen molar-refractivity contribution < 1.29 is 19.3 Å². The van der Waals surface area contributed by atoms with Gasteiger partial charge in [0.1, 0.15) is 6.54 Å². The van der Waals surface area contributed by atoms with Crippen molar-refractivity contribution in [3.63, 3.8) is 0 Å². The molecule has 1 saturated carbocycles. The lowest BCUT2D eigenvalue weighted by Gasteiger charge is -2.24. The third-order valence-electron chi connectivity index (χ3n) is 4.48. The summed E-state index contributed by atoms with van der Waals surface area (Å²) < 4.78 is 0. The number of imide groups is 1. The zero-order valence-corrected chi connectivity index (χ0v) is 13.9. The van der Waals surface area contributed by atoms with E-state index in [4.69, 9.17) is 0 Å². The predicted molar refractivity (Wildman–Crippen MR) is 88.1 cm³/mol. The number of benzene rings is 1. The average Bonchev–Trinajstić information content (AvgIpc) is 3.37. The number of rotatable bonds is 7. The van der Waals surface area contributed by atoms with Gasteiger partial charge in [-0.25, -0.2) is 0 Å². The van der Waals surface area contributed by atoms with E-state index < -0.39 is 16.7 Å². The molecule has 0 aromatic heterocycles. The van der Waals surface area contributed by atoms with E-state index in [-0.39, 0.29) is 29.3 Å². The Balaban J connectivity index is 1.76. The number of nitrogens with zero attached hydrogens (tertiary/aromatic N) is 3. The summed E-state index contributed by atoms with van der Waals surface area (Å²) in [4.78, 5) is 50.2. The number of nitro groups is 1. The normalized spacial score (nSPS) is 16.1. The van der Waals surface area contributed by atoms with Crippen LogP contribution >= 0.6 is 0 Å². The van der Waals surface area contributed by atoms with Gasteiger partial charge in [0.2, 0.25) is 5.91 Å². The highest BCUT2D eigenvalue weighted by Gasteiger charge is 2.39. The van der Waals surface area contributed by atoms with Crippen molar-refractivity contribution in [1.82, 2.24) is 9.80 Å². The Hall–Kier alpha value is -2.77. The summed E-state index contributed by atoms with van der Waals surface area (Å²) in [6, 6.07) is 3.55. The Morgan fingerprint density at radius 2 is 1.96 bits per heavy atom. The van der Waals surface area contributed by atoms with Gasteiger partial charge < -0.3 is 4.90 Å². The van der Waals surface area contributed by atoms with Crippen molar-refractivity contribution in [2.75, 3.05) is 19.6 Å². The minimum atomic E-state index is -0.653. The van der Waals surface area contributed by atoms with Crippen LogP contribution in [0.1, 0.15) is 46.9 Å². The highest BCUT2D eigenvalue weighted by atomic mass is 16.6. The van der Waals surface area contributed by atoms with Crippen LogP contribution in [-0.2, 0) is 4.79 Å². The third kappa shape index (κ3) is 3.38. The molecule has 8 heteroatoms. The van der Waals surface area contributed by atoms with Gasteiger partial charge in [0.05, 0.1) is 16.1 Å². The van der Waals surface area contributed by atoms with Crippen LogP contribution < -0.4 is 0 Å². The molecular formula is C17H19N3O5. The van der Waals surface area contributed by atoms with E-state index in [0.29, 0.717) is 19.0 Å². The van der Waals surface area contributed by atoms with Crippen LogP contribution in [0.25, 0.3) is 0 Å². The number of hydrogen-bond donors (Lipinski definition) is 0. The molecule has 1 aromatic carbocycles. The Kier molecular flexibility index (Phi) is 4.52. The maximum Gasteiger partial charge on any atom is 0.270 e. The van der Waals surface area contributed by atoms with Crippen LogP contribution in [0.15, 0.2) is 18.2 Å². The third-order valence-corrected chi connectivity index (χ3v) is 4.48. The van der Waals surface area contributed by atoms with Gasteiger partial charge in [-0.15, -0.1) is 0 Å². The molecule has 0 radical (unpaired) electrons. The fraction of sp³-hybridized carbons (Fsp3) is 0.471. The minimum Gasteiger partial charge on any atom is -0.341 e. The highest BCUT2D eigenvalue weighted by Crippen LogP contribution is 2.30. The van der Waals surface area contributed by atoms with Gasteiger partial charge in [0.25, 0.3) is 17.5 Å². The van der Waals surface area contributed by atoms with Crippen LogP contribution in [0.3, 0.4) is 0 Å². The molecule has 1 heterocycles. The van der Waals surface area contributed by atoms with Crippen LogP contribution in [0, 0.1) is 16.0 Å². The van der Waals surface area contributed by atoms with Crippen molar-refractivity contribution in [1.29, 1.82) is 0 Å². The van der Waals surface area contributed by atoms with E-state index in [1.165, 1.54) is 12.1 Å². The second-order valence-corrected chi connectivity index (χ2v) is 6.47. The van der Waals surface area contributed by atoms with Gasteiger partial charge in [0, 0.05) is 25.2 Å². The second-order valence-electron chi connectivity index (χ2n) is 6.47. The second kappa shape index (κ2) is 6.62. The molecule has 3 amide bonds. The standard InChI is InChI=1S/C17H19N3O5/c1-2-7-18(9-11-3-4-11)15(21)10-19-16(22)13-6-5-12(20(24)25)8-14(13)17(19)23/h5-6,8,11H,2-4,7,9-10H2,1H3. The smallest absolute Gasteiger partial charge is 0.270 e. The van der Waals surface area contributed by atoms with Crippen molar-refractivity contribution in [2.24, 2.45) is 5.92 Å². The van der Waals surface area contributed by atoms with Crippen LogP contribution in [0.4, 0.5) is 5.69 Å². The Labute approximate surface area is 144 Å². The molecule has 0 bridgehead atoms. The lowest BCUT2D eigenvalue weighted by molar-refractivity contribution is -0.384. The summed E-state index contributed by atoms with van der Waals surface area (Å²) in [6.45, 7) is 2.88.